The normalized spacial score (nSPS) is 10.9. The van der Waals surface area contributed by atoms with Crippen molar-refractivity contribution in [1.29, 1.82) is 5.26 Å². The molecule has 2 aromatic carbocycles. The Morgan fingerprint density at radius 3 is 2.54 bits per heavy atom. The van der Waals surface area contributed by atoms with Crippen molar-refractivity contribution < 1.29 is 10.2 Å². The SMILES string of the molecule is N#Cc1c(O)c2c(cc(Cl)n2-c2ccc(-c3cccc(CO)c3)cc2)[nH]c1=O. The van der Waals surface area contributed by atoms with E-state index in [1.807, 2.05) is 48.5 Å². The fourth-order valence-electron chi connectivity index (χ4n) is 3.23. The maximum absolute atomic E-state index is 11.9. The van der Waals surface area contributed by atoms with Crippen LogP contribution in [0.1, 0.15) is 11.1 Å². The van der Waals surface area contributed by atoms with Crippen LogP contribution in [0, 0.1) is 11.3 Å². The smallest absolute Gasteiger partial charge is 0.270 e. The number of aromatic nitrogens is 2. The van der Waals surface area contributed by atoms with Crippen LogP contribution in [0.5, 0.6) is 5.75 Å². The van der Waals surface area contributed by atoms with E-state index in [9.17, 15) is 15.0 Å². The van der Waals surface area contributed by atoms with Gasteiger partial charge in [0.1, 0.15) is 16.7 Å². The minimum Gasteiger partial charge on any atom is -0.504 e. The van der Waals surface area contributed by atoms with Gasteiger partial charge in [-0.1, -0.05) is 41.9 Å². The van der Waals surface area contributed by atoms with Crippen molar-refractivity contribution in [3.63, 3.8) is 0 Å². The van der Waals surface area contributed by atoms with Crippen LogP contribution in [0.15, 0.2) is 59.4 Å². The lowest BCUT2D eigenvalue weighted by atomic mass is 10.0. The quantitative estimate of drug-likeness (QED) is 0.495. The fraction of sp³-hybridized carbons (Fsp3) is 0.0476. The maximum atomic E-state index is 11.9. The van der Waals surface area contributed by atoms with E-state index < -0.39 is 11.3 Å². The molecule has 138 valence electrons. The first-order chi connectivity index (χ1) is 13.5. The van der Waals surface area contributed by atoms with Crippen LogP contribution in [-0.2, 0) is 6.61 Å². The molecule has 0 atom stereocenters. The Kier molecular flexibility index (Phi) is 4.40. The fourth-order valence-corrected chi connectivity index (χ4v) is 3.52. The van der Waals surface area contributed by atoms with Gasteiger partial charge in [0.25, 0.3) is 5.56 Å². The molecule has 0 aliphatic carbocycles. The van der Waals surface area contributed by atoms with E-state index in [-0.39, 0.29) is 22.8 Å². The molecule has 2 aromatic heterocycles. The summed E-state index contributed by atoms with van der Waals surface area (Å²) < 4.78 is 1.57. The van der Waals surface area contributed by atoms with Crippen molar-refractivity contribution in [2.45, 2.75) is 6.61 Å². The van der Waals surface area contributed by atoms with Crippen molar-refractivity contribution in [2.24, 2.45) is 0 Å². The Morgan fingerprint density at radius 2 is 1.86 bits per heavy atom. The van der Waals surface area contributed by atoms with Crippen LogP contribution < -0.4 is 5.56 Å². The number of nitrogens with zero attached hydrogens (tertiary/aromatic N) is 2. The second kappa shape index (κ2) is 6.89. The molecule has 4 rings (SSSR count). The Hall–Kier alpha value is -3.53. The number of aromatic hydroxyl groups is 1. The molecule has 7 heteroatoms. The lowest BCUT2D eigenvalue weighted by Crippen LogP contribution is -2.10. The largest absolute Gasteiger partial charge is 0.504 e. The third-order valence-corrected chi connectivity index (χ3v) is 4.85. The summed E-state index contributed by atoms with van der Waals surface area (Å²) in [5, 5.41) is 29.2. The van der Waals surface area contributed by atoms with Gasteiger partial charge in [-0.2, -0.15) is 5.26 Å². The highest BCUT2D eigenvalue weighted by Crippen LogP contribution is 2.33. The number of halogens is 1. The molecule has 0 unspecified atom stereocenters. The number of aromatic amines is 1. The minimum atomic E-state index is -0.666. The lowest BCUT2D eigenvalue weighted by molar-refractivity contribution is 0.282. The number of aliphatic hydroxyl groups is 1. The zero-order valence-corrected chi connectivity index (χ0v) is 15.2. The van der Waals surface area contributed by atoms with E-state index in [1.165, 1.54) is 6.07 Å². The van der Waals surface area contributed by atoms with Gasteiger partial charge in [-0.3, -0.25) is 9.36 Å². The molecule has 0 bridgehead atoms. The van der Waals surface area contributed by atoms with Gasteiger partial charge in [-0.15, -0.1) is 0 Å². The van der Waals surface area contributed by atoms with Crippen molar-refractivity contribution in [1.82, 2.24) is 9.55 Å². The molecule has 0 saturated heterocycles. The van der Waals surface area contributed by atoms with Crippen molar-refractivity contribution >= 4 is 22.6 Å². The molecular formula is C21H14ClN3O3. The molecule has 0 radical (unpaired) electrons. The van der Waals surface area contributed by atoms with Gasteiger partial charge in [-0.25, -0.2) is 0 Å². The molecule has 0 aliphatic rings. The number of fused-ring (bicyclic) bond motifs is 1. The van der Waals surface area contributed by atoms with Crippen LogP contribution in [-0.4, -0.2) is 19.8 Å². The van der Waals surface area contributed by atoms with E-state index in [1.54, 1.807) is 10.6 Å². The Bertz CT molecular complexity index is 1300. The molecular weight excluding hydrogens is 378 g/mol. The van der Waals surface area contributed by atoms with Crippen LogP contribution in [0.2, 0.25) is 5.15 Å². The summed E-state index contributed by atoms with van der Waals surface area (Å²) in [4.78, 5) is 14.5. The maximum Gasteiger partial charge on any atom is 0.270 e. The van der Waals surface area contributed by atoms with Gasteiger partial charge < -0.3 is 15.2 Å². The van der Waals surface area contributed by atoms with E-state index in [0.29, 0.717) is 11.2 Å². The second-order valence-corrected chi connectivity index (χ2v) is 6.65. The van der Waals surface area contributed by atoms with Crippen molar-refractivity contribution in [2.75, 3.05) is 0 Å². The van der Waals surface area contributed by atoms with Crippen LogP contribution in [0.25, 0.3) is 27.8 Å². The van der Waals surface area contributed by atoms with E-state index in [4.69, 9.17) is 16.9 Å². The average Bonchev–Trinajstić information content (AvgIpc) is 3.04. The summed E-state index contributed by atoms with van der Waals surface area (Å²) >= 11 is 6.34. The molecule has 0 saturated carbocycles. The second-order valence-electron chi connectivity index (χ2n) is 6.26. The topological polar surface area (TPSA) is 102 Å². The van der Waals surface area contributed by atoms with Gasteiger partial charge in [0, 0.05) is 5.69 Å². The molecule has 4 aromatic rings. The lowest BCUT2D eigenvalue weighted by Gasteiger charge is -2.10. The summed E-state index contributed by atoms with van der Waals surface area (Å²) in [6.07, 6.45) is 0. The Morgan fingerprint density at radius 1 is 1.11 bits per heavy atom. The van der Waals surface area contributed by atoms with Crippen molar-refractivity contribution in [3.8, 4) is 28.6 Å². The molecule has 6 nitrogen and oxygen atoms in total. The van der Waals surface area contributed by atoms with E-state index in [0.717, 1.165) is 16.7 Å². The van der Waals surface area contributed by atoms with Gasteiger partial charge in [0.2, 0.25) is 0 Å². The molecule has 0 aliphatic heterocycles. The van der Waals surface area contributed by atoms with Crippen LogP contribution >= 0.6 is 11.6 Å². The van der Waals surface area contributed by atoms with E-state index in [2.05, 4.69) is 4.98 Å². The number of nitriles is 1. The minimum absolute atomic E-state index is 0.0321. The summed E-state index contributed by atoms with van der Waals surface area (Å²) in [6, 6.07) is 18.2. The average molecular weight is 392 g/mol. The molecule has 0 amide bonds. The third-order valence-electron chi connectivity index (χ3n) is 4.57. The first-order valence-electron chi connectivity index (χ1n) is 8.40. The number of nitrogens with one attached hydrogen (secondary N) is 1. The number of aliphatic hydroxyl groups excluding tert-OH is 1. The Labute approximate surface area is 164 Å². The zero-order valence-electron chi connectivity index (χ0n) is 14.5. The summed E-state index contributed by atoms with van der Waals surface area (Å²) in [5.41, 5.74) is 2.96. The molecule has 0 spiro atoms. The molecule has 3 N–H and O–H groups in total. The first-order valence-corrected chi connectivity index (χ1v) is 8.78. The summed E-state index contributed by atoms with van der Waals surface area (Å²) in [6.45, 7) is -0.0321. The number of rotatable bonds is 3. The zero-order chi connectivity index (χ0) is 19.8. The van der Waals surface area contributed by atoms with Gasteiger partial charge in [-0.05, 0) is 41.0 Å². The van der Waals surface area contributed by atoms with Crippen LogP contribution in [0.3, 0.4) is 0 Å². The molecule has 2 heterocycles. The summed E-state index contributed by atoms with van der Waals surface area (Å²) in [7, 11) is 0. The van der Waals surface area contributed by atoms with Gasteiger partial charge >= 0.3 is 0 Å². The number of H-pyrrole nitrogens is 1. The third kappa shape index (κ3) is 2.83. The first kappa shape index (κ1) is 17.9. The van der Waals surface area contributed by atoms with Gasteiger partial charge in [0.15, 0.2) is 11.3 Å². The number of hydrogen-bond donors (Lipinski definition) is 3. The van der Waals surface area contributed by atoms with Crippen LogP contribution in [0.4, 0.5) is 0 Å². The molecule has 28 heavy (non-hydrogen) atoms. The molecule has 0 fully saturated rings. The van der Waals surface area contributed by atoms with Crippen molar-refractivity contribution in [3.05, 3.63) is 81.2 Å². The monoisotopic (exact) mass is 391 g/mol. The van der Waals surface area contributed by atoms with Gasteiger partial charge in [0.05, 0.1) is 12.1 Å². The number of benzene rings is 2. The predicted molar refractivity (Wildman–Crippen MR) is 107 cm³/mol. The number of pyridine rings is 1. The highest BCUT2D eigenvalue weighted by atomic mass is 35.5. The Balaban J connectivity index is 1.86. The summed E-state index contributed by atoms with van der Waals surface area (Å²) in [5.74, 6) is -0.409. The highest BCUT2D eigenvalue weighted by Gasteiger charge is 2.18. The highest BCUT2D eigenvalue weighted by molar-refractivity contribution is 6.31. The predicted octanol–water partition coefficient (Wildman–Crippen LogP) is 3.71. The standard InChI is InChI=1S/C21H14ClN3O3/c22-18-9-17-19(20(27)16(10-23)21(28)24-17)25(18)15-6-4-13(5-7-15)14-3-1-2-12(8-14)11-26/h1-9,26H,11H2,(H2,24,27,28). The number of hydrogen-bond acceptors (Lipinski definition) is 4. The van der Waals surface area contributed by atoms with E-state index >= 15 is 0 Å².